The van der Waals surface area contributed by atoms with Crippen molar-refractivity contribution in [3.8, 4) is 0 Å². The van der Waals surface area contributed by atoms with Gasteiger partial charge in [0, 0.05) is 17.9 Å². The first-order chi connectivity index (χ1) is 5.90. The molecule has 0 spiro atoms. The third-order valence-electron chi connectivity index (χ3n) is 2.22. The van der Waals surface area contributed by atoms with Crippen molar-refractivity contribution in [2.24, 2.45) is 0 Å². The highest BCUT2D eigenvalue weighted by molar-refractivity contribution is 7.11. The lowest BCUT2D eigenvalue weighted by molar-refractivity contribution is 0.299. The van der Waals surface area contributed by atoms with Gasteiger partial charge in [-0.2, -0.15) is 0 Å². The van der Waals surface area contributed by atoms with Crippen molar-refractivity contribution < 1.29 is 5.11 Å². The number of thiazole rings is 1. The second-order valence-electron chi connectivity index (χ2n) is 3.16. The first kappa shape index (κ1) is 8.20. The van der Waals surface area contributed by atoms with Gasteiger partial charge in [-0.3, -0.25) is 0 Å². The van der Waals surface area contributed by atoms with Crippen LogP contribution in [0.4, 0.5) is 0 Å². The highest BCUT2D eigenvalue weighted by Gasteiger charge is 2.14. The van der Waals surface area contributed by atoms with Crippen LogP contribution >= 0.6 is 11.3 Å². The fourth-order valence-electron chi connectivity index (χ4n) is 1.61. The lowest BCUT2D eigenvalue weighted by Crippen LogP contribution is -1.99. The number of aliphatic hydroxyl groups excluding tert-OH is 1. The minimum atomic E-state index is 0.229. The van der Waals surface area contributed by atoms with Gasteiger partial charge in [-0.15, -0.1) is 11.3 Å². The Morgan fingerprint density at radius 2 is 2.17 bits per heavy atom. The van der Waals surface area contributed by atoms with Crippen LogP contribution < -0.4 is 0 Å². The molecule has 0 bridgehead atoms. The molecular formula is C9H13NOS. The molecule has 0 aliphatic heterocycles. The summed E-state index contributed by atoms with van der Waals surface area (Å²) in [4.78, 5) is 5.96. The summed E-state index contributed by atoms with van der Waals surface area (Å²) in [5.74, 6) is 0. The molecule has 2 rings (SSSR count). The second kappa shape index (κ2) is 3.54. The Morgan fingerprint density at radius 1 is 1.33 bits per heavy atom. The number of nitrogens with zero attached hydrogens (tertiary/aromatic N) is 1. The molecule has 0 atom stereocenters. The molecule has 66 valence electrons. The number of aliphatic hydroxyl groups is 1. The lowest BCUT2D eigenvalue weighted by atomic mass is 10.0. The standard InChI is InChI=1S/C9H13NOS/c11-6-5-9-10-7-3-1-2-4-8(7)12-9/h11H,1-6H2. The van der Waals surface area contributed by atoms with Crippen LogP contribution in [-0.2, 0) is 19.3 Å². The van der Waals surface area contributed by atoms with Crippen molar-refractivity contribution >= 4 is 11.3 Å². The van der Waals surface area contributed by atoms with Crippen molar-refractivity contribution in [2.75, 3.05) is 6.61 Å². The molecule has 1 aromatic rings. The molecule has 0 saturated heterocycles. The van der Waals surface area contributed by atoms with Gasteiger partial charge < -0.3 is 5.11 Å². The molecule has 0 saturated carbocycles. The Bertz CT molecular complexity index is 246. The van der Waals surface area contributed by atoms with Crippen molar-refractivity contribution in [1.82, 2.24) is 4.98 Å². The second-order valence-corrected chi connectivity index (χ2v) is 4.33. The number of hydrogen-bond acceptors (Lipinski definition) is 3. The highest BCUT2D eigenvalue weighted by atomic mass is 32.1. The fourth-order valence-corrected chi connectivity index (χ4v) is 2.75. The summed E-state index contributed by atoms with van der Waals surface area (Å²) >= 11 is 1.79. The lowest BCUT2D eigenvalue weighted by Gasteiger charge is -2.06. The van der Waals surface area contributed by atoms with Crippen LogP contribution in [0.3, 0.4) is 0 Å². The SMILES string of the molecule is OCCc1nc2c(s1)CCCC2. The summed E-state index contributed by atoms with van der Waals surface area (Å²) in [6.07, 6.45) is 5.69. The van der Waals surface area contributed by atoms with Crippen LogP contribution in [0.15, 0.2) is 0 Å². The molecule has 2 nitrogen and oxygen atoms in total. The normalized spacial score (nSPS) is 16.1. The molecule has 1 aromatic heterocycles. The van der Waals surface area contributed by atoms with E-state index in [0.29, 0.717) is 0 Å². The quantitative estimate of drug-likeness (QED) is 0.754. The Balaban J connectivity index is 2.20. The molecule has 1 aliphatic rings. The molecule has 1 N–H and O–H groups in total. The van der Waals surface area contributed by atoms with E-state index in [1.807, 2.05) is 0 Å². The van der Waals surface area contributed by atoms with E-state index >= 15 is 0 Å². The van der Waals surface area contributed by atoms with Crippen molar-refractivity contribution in [1.29, 1.82) is 0 Å². The third-order valence-corrected chi connectivity index (χ3v) is 3.43. The van der Waals surface area contributed by atoms with Crippen LogP contribution in [-0.4, -0.2) is 16.7 Å². The number of fused-ring (bicyclic) bond motifs is 1. The number of rotatable bonds is 2. The van der Waals surface area contributed by atoms with E-state index in [1.165, 1.54) is 29.8 Å². The van der Waals surface area contributed by atoms with E-state index in [0.717, 1.165) is 17.8 Å². The summed E-state index contributed by atoms with van der Waals surface area (Å²) < 4.78 is 0. The van der Waals surface area contributed by atoms with Crippen molar-refractivity contribution in [3.05, 3.63) is 15.6 Å². The molecule has 0 radical (unpaired) electrons. The number of aromatic nitrogens is 1. The highest BCUT2D eigenvalue weighted by Crippen LogP contribution is 2.26. The molecule has 0 fully saturated rings. The minimum absolute atomic E-state index is 0.229. The zero-order chi connectivity index (χ0) is 8.39. The summed E-state index contributed by atoms with van der Waals surface area (Å²) in [6.45, 7) is 0.229. The van der Waals surface area contributed by atoms with E-state index in [4.69, 9.17) is 5.11 Å². The molecule has 3 heteroatoms. The first-order valence-corrected chi connectivity index (χ1v) is 5.30. The van der Waals surface area contributed by atoms with Crippen LogP contribution in [0.1, 0.15) is 28.4 Å². The van der Waals surface area contributed by atoms with E-state index in [2.05, 4.69) is 4.98 Å². The maximum atomic E-state index is 8.75. The predicted octanol–water partition coefficient (Wildman–Crippen LogP) is 1.56. The molecular weight excluding hydrogens is 170 g/mol. The number of aryl methyl sites for hydroxylation is 2. The first-order valence-electron chi connectivity index (χ1n) is 4.48. The van der Waals surface area contributed by atoms with Crippen LogP contribution in [0, 0.1) is 0 Å². The van der Waals surface area contributed by atoms with Gasteiger partial charge in [-0.1, -0.05) is 0 Å². The molecule has 1 aliphatic carbocycles. The zero-order valence-corrected chi connectivity index (χ0v) is 7.86. The van der Waals surface area contributed by atoms with Gasteiger partial charge in [0.2, 0.25) is 0 Å². The van der Waals surface area contributed by atoms with Gasteiger partial charge in [-0.25, -0.2) is 4.98 Å². The Morgan fingerprint density at radius 3 is 2.92 bits per heavy atom. The summed E-state index contributed by atoms with van der Waals surface area (Å²) in [7, 11) is 0. The Labute approximate surface area is 76.3 Å². The molecule has 0 amide bonds. The fraction of sp³-hybridized carbons (Fsp3) is 0.667. The molecule has 12 heavy (non-hydrogen) atoms. The summed E-state index contributed by atoms with van der Waals surface area (Å²) in [6, 6.07) is 0. The maximum absolute atomic E-state index is 8.75. The van der Waals surface area contributed by atoms with Crippen LogP contribution in [0.2, 0.25) is 0 Å². The average molecular weight is 183 g/mol. The van der Waals surface area contributed by atoms with Gasteiger partial charge >= 0.3 is 0 Å². The van der Waals surface area contributed by atoms with Crippen LogP contribution in [0.25, 0.3) is 0 Å². The molecule has 1 heterocycles. The monoisotopic (exact) mass is 183 g/mol. The van der Waals surface area contributed by atoms with E-state index < -0.39 is 0 Å². The van der Waals surface area contributed by atoms with E-state index in [-0.39, 0.29) is 6.61 Å². The minimum Gasteiger partial charge on any atom is -0.396 e. The maximum Gasteiger partial charge on any atom is 0.0953 e. The number of hydrogen-bond donors (Lipinski definition) is 1. The smallest absolute Gasteiger partial charge is 0.0953 e. The summed E-state index contributed by atoms with van der Waals surface area (Å²) in [5, 5.41) is 9.86. The zero-order valence-electron chi connectivity index (χ0n) is 7.05. The van der Waals surface area contributed by atoms with E-state index in [1.54, 1.807) is 11.3 Å². The Kier molecular flexibility index (Phi) is 2.42. The van der Waals surface area contributed by atoms with Gasteiger partial charge in [-0.05, 0) is 25.7 Å². The summed E-state index contributed by atoms with van der Waals surface area (Å²) in [5.41, 5.74) is 1.30. The topological polar surface area (TPSA) is 33.1 Å². The van der Waals surface area contributed by atoms with Gasteiger partial charge in [0.1, 0.15) is 0 Å². The van der Waals surface area contributed by atoms with Crippen molar-refractivity contribution in [3.63, 3.8) is 0 Å². The third kappa shape index (κ3) is 1.52. The average Bonchev–Trinajstić information content (AvgIpc) is 2.47. The van der Waals surface area contributed by atoms with Gasteiger partial charge in [0.15, 0.2) is 0 Å². The molecule has 0 aromatic carbocycles. The molecule has 0 unspecified atom stereocenters. The predicted molar refractivity (Wildman–Crippen MR) is 49.5 cm³/mol. The largest absolute Gasteiger partial charge is 0.396 e. The van der Waals surface area contributed by atoms with Crippen LogP contribution in [0.5, 0.6) is 0 Å². The van der Waals surface area contributed by atoms with Gasteiger partial charge in [0.25, 0.3) is 0 Å². The van der Waals surface area contributed by atoms with Gasteiger partial charge in [0.05, 0.1) is 10.7 Å². The van der Waals surface area contributed by atoms with Crippen molar-refractivity contribution in [2.45, 2.75) is 32.1 Å². The Hall–Kier alpha value is -0.410. The van der Waals surface area contributed by atoms with E-state index in [9.17, 15) is 0 Å².